The normalized spacial score (nSPS) is 12.2. The Kier molecular flexibility index (Phi) is 6.02. The molecule has 2 amide bonds. The molecule has 0 unspecified atom stereocenters. The zero-order valence-corrected chi connectivity index (χ0v) is 12.7. The van der Waals surface area contributed by atoms with Gasteiger partial charge in [-0.05, 0) is 23.6 Å². The molecule has 0 aliphatic rings. The number of nitrogens with one attached hydrogen (secondary N) is 1. The first-order valence-electron chi connectivity index (χ1n) is 6.21. The summed E-state index contributed by atoms with van der Waals surface area (Å²) in [6.45, 7) is 3.90. The van der Waals surface area contributed by atoms with Gasteiger partial charge in [0.25, 0.3) is 0 Å². The zero-order chi connectivity index (χ0) is 14.4. The van der Waals surface area contributed by atoms with E-state index in [9.17, 15) is 9.59 Å². The van der Waals surface area contributed by atoms with Crippen molar-refractivity contribution in [3.05, 3.63) is 34.3 Å². The first kappa shape index (κ1) is 15.7. The summed E-state index contributed by atoms with van der Waals surface area (Å²) in [4.78, 5) is 23.1. The molecule has 4 nitrogen and oxygen atoms in total. The summed E-state index contributed by atoms with van der Waals surface area (Å²) >= 11 is 3.35. The van der Waals surface area contributed by atoms with Crippen molar-refractivity contribution in [2.24, 2.45) is 11.7 Å². The second kappa shape index (κ2) is 7.28. The van der Waals surface area contributed by atoms with Crippen LogP contribution in [0.4, 0.5) is 0 Å². The van der Waals surface area contributed by atoms with Gasteiger partial charge < -0.3 is 11.1 Å². The van der Waals surface area contributed by atoms with Crippen LogP contribution in [-0.4, -0.2) is 17.9 Å². The number of hydrogen-bond donors (Lipinski definition) is 2. The lowest BCUT2D eigenvalue weighted by atomic mass is 10.0. The maximum absolute atomic E-state index is 11.7. The molecule has 5 heteroatoms. The van der Waals surface area contributed by atoms with Crippen molar-refractivity contribution in [3.8, 4) is 0 Å². The Balaban J connectivity index is 2.65. The summed E-state index contributed by atoms with van der Waals surface area (Å²) in [5, 5.41) is 2.69. The molecule has 104 valence electrons. The van der Waals surface area contributed by atoms with Crippen LogP contribution < -0.4 is 11.1 Å². The lowest BCUT2D eigenvalue weighted by Crippen LogP contribution is -2.46. The average molecular weight is 327 g/mol. The van der Waals surface area contributed by atoms with Crippen LogP contribution in [0.3, 0.4) is 0 Å². The summed E-state index contributed by atoms with van der Waals surface area (Å²) in [5.74, 6) is -0.405. The molecular weight excluding hydrogens is 308 g/mol. The number of carbonyl (C=O) groups is 2. The minimum absolute atomic E-state index is 0.143. The zero-order valence-electron chi connectivity index (χ0n) is 11.2. The molecule has 0 saturated carbocycles. The van der Waals surface area contributed by atoms with Gasteiger partial charge in [-0.25, -0.2) is 0 Å². The maximum Gasteiger partial charge on any atom is 0.240 e. The molecule has 0 aromatic heterocycles. The molecular formula is C14H19BrN2O2. The van der Waals surface area contributed by atoms with E-state index in [1.165, 1.54) is 0 Å². The third-order valence-corrected chi connectivity index (χ3v) is 3.15. The van der Waals surface area contributed by atoms with Crippen LogP contribution in [0.25, 0.3) is 0 Å². The SMILES string of the molecule is CC(C)CC(=O)N[C@@H](Cc1ccc(Br)cc1)C(N)=O. The molecule has 0 aliphatic carbocycles. The van der Waals surface area contributed by atoms with Crippen molar-refractivity contribution >= 4 is 27.7 Å². The second-order valence-electron chi connectivity index (χ2n) is 4.95. The van der Waals surface area contributed by atoms with Gasteiger partial charge in [-0.3, -0.25) is 9.59 Å². The predicted molar refractivity (Wildman–Crippen MR) is 78.4 cm³/mol. The smallest absolute Gasteiger partial charge is 0.240 e. The molecule has 1 aromatic carbocycles. The van der Waals surface area contributed by atoms with Crippen molar-refractivity contribution in [2.75, 3.05) is 0 Å². The number of benzene rings is 1. The molecule has 0 fully saturated rings. The van der Waals surface area contributed by atoms with Crippen molar-refractivity contribution in [3.63, 3.8) is 0 Å². The molecule has 19 heavy (non-hydrogen) atoms. The number of nitrogens with two attached hydrogens (primary N) is 1. The summed E-state index contributed by atoms with van der Waals surface area (Å²) in [7, 11) is 0. The van der Waals surface area contributed by atoms with E-state index in [1.807, 2.05) is 38.1 Å². The largest absolute Gasteiger partial charge is 0.368 e. The highest BCUT2D eigenvalue weighted by Gasteiger charge is 2.18. The maximum atomic E-state index is 11.7. The fraction of sp³-hybridized carbons (Fsp3) is 0.429. The number of rotatable bonds is 6. The van der Waals surface area contributed by atoms with Crippen LogP contribution in [0.1, 0.15) is 25.8 Å². The van der Waals surface area contributed by atoms with Gasteiger partial charge in [0.05, 0.1) is 0 Å². The Labute approximate surface area is 121 Å². The summed E-state index contributed by atoms with van der Waals surface area (Å²) < 4.78 is 0.968. The van der Waals surface area contributed by atoms with E-state index in [-0.39, 0.29) is 11.8 Å². The molecule has 1 rings (SSSR count). The molecule has 0 spiro atoms. The van der Waals surface area contributed by atoms with Gasteiger partial charge in [0.2, 0.25) is 11.8 Å². The Morgan fingerprint density at radius 3 is 2.32 bits per heavy atom. The second-order valence-corrected chi connectivity index (χ2v) is 5.87. The van der Waals surface area contributed by atoms with E-state index in [2.05, 4.69) is 21.2 Å². The van der Waals surface area contributed by atoms with E-state index >= 15 is 0 Å². The third-order valence-electron chi connectivity index (χ3n) is 2.63. The molecule has 3 N–H and O–H groups in total. The summed E-state index contributed by atoms with van der Waals surface area (Å²) in [6, 6.07) is 6.92. The fourth-order valence-corrected chi connectivity index (χ4v) is 1.97. The van der Waals surface area contributed by atoms with Crippen LogP contribution in [0.2, 0.25) is 0 Å². The van der Waals surface area contributed by atoms with E-state index in [1.54, 1.807) is 0 Å². The number of amides is 2. The Bertz CT molecular complexity index is 443. The number of carbonyl (C=O) groups excluding carboxylic acids is 2. The van der Waals surface area contributed by atoms with Gasteiger partial charge in [-0.1, -0.05) is 41.9 Å². The Hall–Kier alpha value is -1.36. The van der Waals surface area contributed by atoms with Crippen LogP contribution >= 0.6 is 15.9 Å². The van der Waals surface area contributed by atoms with Crippen molar-refractivity contribution in [1.29, 1.82) is 0 Å². The van der Waals surface area contributed by atoms with Crippen LogP contribution in [-0.2, 0) is 16.0 Å². The quantitative estimate of drug-likeness (QED) is 0.839. The van der Waals surface area contributed by atoms with Gasteiger partial charge in [0, 0.05) is 17.3 Å². The first-order valence-corrected chi connectivity index (χ1v) is 7.01. The molecule has 0 heterocycles. The highest BCUT2D eigenvalue weighted by molar-refractivity contribution is 9.10. The Morgan fingerprint density at radius 2 is 1.84 bits per heavy atom. The molecule has 0 aliphatic heterocycles. The fourth-order valence-electron chi connectivity index (χ4n) is 1.70. The standard InChI is InChI=1S/C14H19BrN2O2/c1-9(2)7-13(18)17-12(14(16)19)8-10-3-5-11(15)6-4-10/h3-6,9,12H,7-8H2,1-2H3,(H2,16,19)(H,17,18)/t12-/m0/s1. The van der Waals surface area contributed by atoms with Gasteiger partial charge in [0.15, 0.2) is 0 Å². The van der Waals surface area contributed by atoms with E-state index in [0.29, 0.717) is 12.8 Å². The van der Waals surface area contributed by atoms with Crippen molar-refractivity contribution in [1.82, 2.24) is 5.32 Å². The molecule has 1 aromatic rings. The number of halogens is 1. The van der Waals surface area contributed by atoms with Gasteiger partial charge in [0.1, 0.15) is 6.04 Å². The predicted octanol–water partition coefficient (Wildman–Crippen LogP) is 2.01. The van der Waals surface area contributed by atoms with Gasteiger partial charge in [-0.15, -0.1) is 0 Å². The lowest BCUT2D eigenvalue weighted by Gasteiger charge is -2.16. The van der Waals surface area contributed by atoms with Crippen LogP contribution in [0.15, 0.2) is 28.7 Å². The minimum Gasteiger partial charge on any atom is -0.368 e. The first-order chi connectivity index (χ1) is 8.88. The summed E-state index contributed by atoms with van der Waals surface area (Å²) in [5.41, 5.74) is 6.29. The molecule has 0 saturated heterocycles. The number of primary amides is 1. The Morgan fingerprint density at radius 1 is 1.26 bits per heavy atom. The highest BCUT2D eigenvalue weighted by atomic mass is 79.9. The molecule has 0 bridgehead atoms. The minimum atomic E-state index is -0.660. The highest BCUT2D eigenvalue weighted by Crippen LogP contribution is 2.12. The third kappa shape index (κ3) is 5.87. The summed E-state index contributed by atoms with van der Waals surface area (Å²) in [6.07, 6.45) is 0.802. The number of hydrogen-bond acceptors (Lipinski definition) is 2. The molecule has 1 atom stereocenters. The average Bonchev–Trinajstić information content (AvgIpc) is 2.29. The van der Waals surface area contributed by atoms with Crippen molar-refractivity contribution < 1.29 is 9.59 Å². The van der Waals surface area contributed by atoms with E-state index < -0.39 is 11.9 Å². The lowest BCUT2D eigenvalue weighted by molar-refractivity contribution is -0.127. The van der Waals surface area contributed by atoms with Crippen LogP contribution in [0.5, 0.6) is 0 Å². The van der Waals surface area contributed by atoms with Crippen molar-refractivity contribution in [2.45, 2.75) is 32.7 Å². The van der Waals surface area contributed by atoms with E-state index in [0.717, 1.165) is 10.0 Å². The topological polar surface area (TPSA) is 72.2 Å². The monoisotopic (exact) mass is 326 g/mol. The van der Waals surface area contributed by atoms with Gasteiger partial charge >= 0.3 is 0 Å². The van der Waals surface area contributed by atoms with Crippen LogP contribution in [0, 0.1) is 5.92 Å². The molecule has 0 radical (unpaired) electrons. The van der Waals surface area contributed by atoms with E-state index in [4.69, 9.17) is 5.73 Å². The van der Waals surface area contributed by atoms with Gasteiger partial charge in [-0.2, -0.15) is 0 Å².